The highest BCUT2D eigenvalue weighted by atomic mass is 19.1. The molecule has 2 aromatic carbocycles. The Kier molecular flexibility index (Phi) is 3.60. The fourth-order valence-electron chi connectivity index (χ4n) is 1.53. The maximum atomic E-state index is 13.4. The molecule has 0 atom stereocenters. The fraction of sp³-hybridized carbons (Fsp3) is 0. The molecular formula is C13H7F4NO2. The van der Waals surface area contributed by atoms with Gasteiger partial charge in [0, 0.05) is 18.2 Å². The van der Waals surface area contributed by atoms with E-state index in [-0.39, 0.29) is 0 Å². The third kappa shape index (κ3) is 2.71. The zero-order valence-electron chi connectivity index (χ0n) is 9.75. The Morgan fingerprint density at radius 3 is 2.10 bits per heavy atom. The second-order valence-electron chi connectivity index (χ2n) is 3.86. The molecule has 3 nitrogen and oxygen atoms in total. The number of amides is 1. The van der Waals surface area contributed by atoms with Crippen molar-refractivity contribution >= 4 is 11.6 Å². The predicted octanol–water partition coefficient (Wildman–Crippen LogP) is 3.20. The molecule has 0 spiro atoms. The summed E-state index contributed by atoms with van der Waals surface area (Å²) in [6.07, 6.45) is 0. The summed E-state index contributed by atoms with van der Waals surface area (Å²) >= 11 is 0. The van der Waals surface area contributed by atoms with Gasteiger partial charge in [-0.1, -0.05) is 0 Å². The highest BCUT2D eigenvalue weighted by Crippen LogP contribution is 2.22. The topological polar surface area (TPSA) is 49.3 Å². The van der Waals surface area contributed by atoms with Gasteiger partial charge in [-0.15, -0.1) is 0 Å². The summed E-state index contributed by atoms with van der Waals surface area (Å²) in [5.74, 6) is -6.39. The molecule has 1 amide bonds. The monoisotopic (exact) mass is 285 g/mol. The van der Waals surface area contributed by atoms with Crippen LogP contribution in [0.1, 0.15) is 10.4 Å². The van der Waals surface area contributed by atoms with Crippen LogP contribution >= 0.6 is 0 Å². The minimum atomic E-state index is -1.32. The molecule has 0 saturated carbocycles. The van der Waals surface area contributed by atoms with Crippen LogP contribution in [0.5, 0.6) is 5.75 Å². The SMILES string of the molecule is O=C(Nc1c(F)cc(F)cc1F)c1ccc(O)cc1F. The number of aromatic hydroxyl groups is 1. The van der Waals surface area contributed by atoms with Gasteiger partial charge in [0.2, 0.25) is 0 Å². The van der Waals surface area contributed by atoms with Crippen molar-refractivity contribution in [3.8, 4) is 5.75 Å². The van der Waals surface area contributed by atoms with E-state index in [9.17, 15) is 22.4 Å². The van der Waals surface area contributed by atoms with Crippen molar-refractivity contribution in [2.24, 2.45) is 0 Å². The molecule has 0 bridgehead atoms. The van der Waals surface area contributed by atoms with Gasteiger partial charge in [-0.25, -0.2) is 17.6 Å². The quantitative estimate of drug-likeness (QED) is 0.832. The molecule has 0 aliphatic heterocycles. The lowest BCUT2D eigenvalue weighted by Crippen LogP contribution is -2.16. The van der Waals surface area contributed by atoms with Crippen LogP contribution in [-0.2, 0) is 0 Å². The molecule has 0 aliphatic rings. The Labute approximate surface area is 110 Å². The van der Waals surface area contributed by atoms with Crippen LogP contribution < -0.4 is 5.32 Å². The summed E-state index contributed by atoms with van der Waals surface area (Å²) in [5, 5.41) is 10.8. The summed E-state index contributed by atoms with van der Waals surface area (Å²) in [5.41, 5.74) is -1.41. The Morgan fingerprint density at radius 1 is 0.950 bits per heavy atom. The molecule has 0 aliphatic carbocycles. The molecular weight excluding hydrogens is 278 g/mol. The molecule has 0 radical (unpaired) electrons. The number of nitrogens with one attached hydrogen (secondary N) is 1. The number of phenols is 1. The lowest BCUT2D eigenvalue weighted by atomic mass is 10.2. The van der Waals surface area contributed by atoms with E-state index in [1.54, 1.807) is 5.32 Å². The van der Waals surface area contributed by atoms with Gasteiger partial charge in [0.1, 0.15) is 23.1 Å². The van der Waals surface area contributed by atoms with E-state index >= 15 is 0 Å². The van der Waals surface area contributed by atoms with E-state index in [0.717, 1.165) is 12.1 Å². The summed E-state index contributed by atoms with van der Waals surface area (Å²) in [4.78, 5) is 11.7. The maximum Gasteiger partial charge on any atom is 0.258 e. The molecule has 104 valence electrons. The third-order valence-electron chi connectivity index (χ3n) is 2.44. The number of phenolic OH excluding ortho intramolecular Hbond substituents is 1. The first kappa shape index (κ1) is 13.9. The highest BCUT2D eigenvalue weighted by Gasteiger charge is 2.18. The smallest absolute Gasteiger partial charge is 0.258 e. The van der Waals surface area contributed by atoms with Gasteiger partial charge in [0.05, 0.1) is 5.56 Å². The van der Waals surface area contributed by atoms with Crippen LogP contribution in [0, 0.1) is 23.3 Å². The van der Waals surface area contributed by atoms with Gasteiger partial charge in [0.15, 0.2) is 11.6 Å². The third-order valence-corrected chi connectivity index (χ3v) is 2.44. The number of carbonyl (C=O) groups is 1. The minimum absolute atomic E-state index is 0.381. The van der Waals surface area contributed by atoms with Crippen molar-refractivity contribution in [2.45, 2.75) is 0 Å². The lowest BCUT2D eigenvalue weighted by molar-refractivity contribution is 0.102. The van der Waals surface area contributed by atoms with Gasteiger partial charge in [0.25, 0.3) is 5.91 Å². The van der Waals surface area contributed by atoms with E-state index in [2.05, 4.69) is 0 Å². The highest BCUT2D eigenvalue weighted by molar-refractivity contribution is 6.04. The Balaban J connectivity index is 2.33. The number of hydrogen-bond acceptors (Lipinski definition) is 2. The van der Waals surface area contributed by atoms with Crippen molar-refractivity contribution < 1.29 is 27.5 Å². The van der Waals surface area contributed by atoms with Gasteiger partial charge in [-0.2, -0.15) is 0 Å². The molecule has 2 N–H and O–H groups in total. The molecule has 0 saturated heterocycles. The van der Waals surface area contributed by atoms with Crippen LogP contribution in [0.2, 0.25) is 0 Å². The first-order valence-corrected chi connectivity index (χ1v) is 5.33. The maximum absolute atomic E-state index is 13.4. The first-order valence-electron chi connectivity index (χ1n) is 5.33. The summed E-state index contributed by atoms with van der Waals surface area (Å²) in [7, 11) is 0. The summed E-state index contributed by atoms with van der Waals surface area (Å²) in [6.45, 7) is 0. The normalized spacial score (nSPS) is 10.4. The Hall–Kier alpha value is -2.57. The second-order valence-corrected chi connectivity index (χ2v) is 3.86. The standard InChI is InChI=1S/C13H7F4NO2/c14-6-3-10(16)12(11(17)4-6)18-13(20)8-2-1-7(19)5-9(8)15/h1-5,19H,(H,18,20). The van der Waals surface area contributed by atoms with Crippen LogP contribution in [0.3, 0.4) is 0 Å². The average molecular weight is 285 g/mol. The first-order chi connectivity index (χ1) is 9.38. The van der Waals surface area contributed by atoms with E-state index in [0.29, 0.717) is 18.2 Å². The molecule has 7 heteroatoms. The van der Waals surface area contributed by atoms with Gasteiger partial charge in [-0.05, 0) is 12.1 Å². The van der Waals surface area contributed by atoms with Crippen molar-refractivity contribution in [1.29, 1.82) is 0 Å². The molecule has 0 unspecified atom stereocenters. The van der Waals surface area contributed by atoms with Crippen LogP contribution in [-0.4, -0.2) is 11.0 Å². The number of hydrogen-bond donors (Lipinski definition) is 2. The molecule has 0 aromatic heterocycles. The molecule has 0 fully saturated rings. The van der Waals surface area contributed by atoms with Crippen LogP contribution in [0.4, 0.5) is 23.2 Å². The minimum Gasteiger partial charge on any atom is -0.508 e. The van der Waals surface area contributed by atoms with Crippen molar-refractivity contribution in [1.82, 2.24) is 0 Å². The van der Waals surface area contributed by atoms with Crippen molar-refractivity contribution in [2.75, 3.05) is 5.32 Å². The van der Waals surface area contributed by atoms with Gasteiger partial charge in [-0.3, -0.25) is 4.79 Å². The predicted molar refractivity (Wildman–Crippen MR) is 62.3 cm³/mol. The van der Waals surface area contributed by atoms with Gasteiger partial charge >= 0.3 is 0 Å². The zero-order chi connectivity index (χ0) is 14.9. The summed E-state index contributed by atoms with van der Waals surface area (Å²) in [6, 6.07) is 3.42. The van der Waals surface area contributed by atoms with E-state index in [4.69, 9.17) is 5.11 Å². The number of anilines is 1. The lowest BCUT2D eigenvalue weighted by Gasteiger charge is -2.08. The molecule has 0 heterocycles. The molecule has 20 heavy (non-hydrogen) atoms. The number of halogens is 4. The summed E-state index contributed by atoms with van der Waals surface area (Å²) < 4.78 is 52.7. The Morgan fingerprint density at radius 2 is 1.55 bits per heavy atom. The van der Waals surface area contributed by atoms with Crippen molar-refractivity contribution in [3.63, 3.8) is 0 Å². The number of carbonyl (C=O) groups excluding carboxylic acids is 1. The number of benzene rings is 2. The number of rotatable bonds is 2. The van der Waals surface area contributed by atoms with E-state index in [1.165, 1.54) is 0 Å². The van der Waals surface area contributed by atoms with Crippen LogP contribution in [0.25, 0.3) is 0 Å². The Bertz CT molecular complexity index is 665. The largest absolute Gasteiger partial charge is 0.508 e. The zero-order valence-corrected chi connectivity index (χ0v) is 9.75. The van der Waals surface area contributed by atoms with E-state index < -0.39 is 46.2 Å². The van der Waals surface area contributed by atoms with E-state index in [1.807, 2.05) is 0 Å². The van der Waals surface area contributed by atoms with Crippen molar-refractivity contribution in [3.05, 3.63) is 59.2 Å². The molecule has 2 rings (SSSR count). The average Bonchev–Trinajstić information content (AvgIpc) is 2.33. The van der Waals surface area contributed by atoms with Crippen LogP contribution in [0.15, 0.2) is 30.3 Å². The second kappa shape index (κ2) is 5.20. The molecule has 2 aromatic rings. The fourth-order valence-corrected chi connectivity index (χ4v) is 1.53. The van der Waals surface area contributed by atoms with Gasteiger partial charge < -0.3 is 10.4 Å².